The van der Waals surface area contributed by atoms with Crippen LogP contribution < -0.4 is 10.7 Å². The Kier molecular flexibility index (Phi) is 6.34. The van der Waals surface area contributed by atoms with Crippen LogP contribution in [0.4, 0.5) is 0 Å². The lowest BCUT2D eigenvalue weighted by molar-refractivity contribution is -0.121. The van der Waals surface area contributed by atoms with Crippen molar-refractivity contribution in [2.75, 3.05) is 0 Å². The standard InChI is InChI=1S/C26H25N3O4S/c1-17-4-9-20(10-5-17)14-27-24(30)16-29-15-23(25(31)22-13-8-19(3)28-26(22)29)34(32,33)21-11-6-18(2)7-12-21/h4-13,15H,14,16H2,1-3H3,(H,27,30). The summed E-state index contributed by atoms with van der Waals surface area (Å²) in [5, 5.41) is 2.99. The Bertz CT molecular complexity index is 1540. The van der Waals surface area contributed by atoms with Gasteiger partial charge in [-0.3, -0.25) is 9.59 Å². The highest BCUT2D eigenvalue weighted by atomic mass is 32.2. The van der Waals surface area contributed by atoms with Crippen LogP contribution in [0.5, 0.6) is 0 Å². The number of aryl methyl sites for hydroxylation is 3. The van der Waals surface area contributed by atoms with Crippen molar-refractivity contribution in [3.05, 3.63) is 99.5 Å². The maximum Gasteiger partial charge on any atom is 0.240 e. The van der Waals surface area contributed by atoms with Crippen LogP contribution in [0.1, 0.15) is 22.4 Å². The predicted molar refractivity (Wildman–Crippen MR) is 130 cm³/mol. The van der Waals surface area contributed by atoms with Gasteiger partial charge in [0.25, 0.3) is 0 Å². The van der Waals surface area contributed by atoms with E-state index in [2.05, 4.69) is 10.3 Å². The molecule has 0 aliphatic heterocycles. The first kappa shape index (κ1) is 23.4. The molecule has 1 N–H and O–H groups in total. The number of amides is 1. The van der Waals surface area contributed by atoms with Crippen LogP contribution in [0.25, 0.3) is 11.0 Å². The van der Waals surface area contributed by atoms with E-state index in [0.717, 1.165) is 16.7 Å². The molecular weight excluding hydrogens is 450 g/mol. The molecule has 0 atom stereocenters. The van der Waals surface area contributed by atoms with Gasteiger partial charge in [-0.1, -0.05) is 47.5 Å². The number of aromatic nitrogens is 2. The van der Waals surface area contributed by atoms with Crippen molar-refractivity contribution < 1.29 is 13.2 Å². The highest BCUT2D eigenvalue weighted by molar-refractivity contribution is 7.91. The van der Waals surface area contributed by atoms with Crippen LogP contribution in [-0.4, -0.2) is 23.9 Å². The fraction of sp³-hybridized carbons (Fsp3) is 0.192. The van der Waals surface area contributed by atoms with Gasteiger partial charge in [0.05, 0.1) is 10.3 Å². The Balaban J connectivity index is 1.73. The molecule has 0 saturated heterocycles. The molecule has 4 rings (SSSR count). The number of pyridine rings is 2. The number of benzene rings is 2. The molecule has 0 spiro atoms. The molecule has 7 nitrogen and oxygen atoms in total. The van der Waals surface area contributed by atoms with Gasteiger partial charge in [0, 0.05) is 18.4 Å². The van der Waals surface area contributed by atoms with Crippen molar-refractivity contribution in [1.29, 1.82) is 0 Å². The summed E-state index contributed by atoms with van der Waals surface area (Å²) >= 11 is 0. The van der Waals surface area contributed by atoms with Gasteiger partial charge in [-0.2, -0.15) is 0 Å². The Morgan fingerprint density at radius 3 is 2.18 bits per heavy atom. The average molecular weight is 476 g/mol. The number of hydrogen-bond acceptors (Lipinski definition) is 5. The Morgan fingerprint density at radius 2 is 1.53 bits per heavy atom. The van der Waals surface area contributed by atoms with Gasteiger partial charge in [0.1, 0.15) is 17.1 Å². The van der Waals surface area contributed by atoms with Gasteiger partial charge in [0.2, 0.25) is 21.2 Å². The molecule has 174 valence electrons. The van der Waals surface area contributed by atoms with Gasteiger partial charge in [-0.25, -0.2) is 13.4 Å². The molecule has 0 aliphatic carbocycles. The fourth-order valence-corrected chi connectivity index (χ4v) is 4.98. The van der Waals surface area contributed by atoms with Gasteiger partial charge < -0.3 is 9.88 Å². The second-order valence-electron chi connectivity index (χ2n) is 8.35. The Labute approximate surface area is 198 Å². The van der Waals surface area contributed by atoms with E-state index < -0.39 is 15.3 Å². The normalized spacial score (nSPS) is 11.5. The quantitative estimate of drug-likeness (QED) is 0.461. The van der Waals surface area contributed by atoms with Crippen LogP contribution in [0.3, 0.4) is 0 Å². The number of fused-ring (bicyclic) bond motifs is 1. The summed E-state index contributed by atoms with van der Waals surface area (Å²) in [5.41, 5.74) is 3.24. The minimum Gasteiger partial charge on any atom is -0.350 e. The third-order valence-electron chi connectivity index (χ3n) is 5.57. The molecule has 4 aromatic rings. The van der Waals surface area contributed by atoms with E-state index in [-0.39, 0.29) is 33.3 Å². The first-order valence-electron chi connectivity index (χ1n) is 10.8. The molecule has 8 heteroatoms. The Hall–Kier alpha value is -3.78. The van der Waals surface area contributed by atoms with E-state index in [0.29, 0.717) is 12.2 Å². The van der Waals surface area contributed by atoms with Crippen LogP contribution in [0, 0.1) is 20.8 Å². The van der Waals surface area contributed by atoms with Gasteiger partial charge >= 0.3 is 0 Å². The summed E-state index contributed by atoms with van der Waals surface area (Å²) in [6.07, 6.45) is 1.22. The topological polar surface area (TPSA) is 98.1 Å². The summed E-state index contributed by atoms with van der Waals surface area (Å²) < 4.78 is 28.1. The zero-order valence-corrected chi connectivity index (χ0v) is 20.0. The molecule has 0 bridgehead atoms. The maximum absolute atomic E-state index is 13.3. The van der Waals surface area contributed by atoms with Crippen molar-refractivity contribution in [1.82, 2.24) is 14.9 Å². The van der Waals surface area contributed by atoms with Crippen LogP contribution in [0.15, 0.2) is 81.4 Å². The molecule has 2 aromatic heterocycles. The zero-order chi connectivity index (χ0) is 24.5. The van der Waals surface area contributed by atoms with E-state index in [1.54, 1.807) is 31.2 Å². The van der Waals surface area contributed by atoms with Crippen molar-refractivity contribution in [2.45, 2.75) is 43.7 Å². The second-order valence-corrected chi connectivity index (χ2v) is 10.3. The number of carbonyl (C=O) groups is 1. The average Bonchev–Trinajstić information content (AvgIpc) is 2.80. The maximum atomic E-state index is 13.3. The number of nitrogens with one attached hydrogen (secondary N) is 1. The van der Waals surface area contributed by atoms with Gasteiger partial charge in [-0.15, -0.1) is 0 Å². The largest absolute Gasteiger partial charge is 0.350 e. The van der Waals surface area contributed by atoms with E-state index in [9.17, 15) is 18.0 Å². The Morgan fingerprint density at radius 1 is 0.912 bits per heavy atom. The van der Waals surface area contributed by atoms with Gasteiger partial charge in [0.15, 0.2) is 0 Å². The summed E-state index contributed by atoms with van der Waals surface area (Å²) in [4.78, 5) is 30.0. The molecule has 2 aromatic carbocycles. The summed E-state index contributed by atoms with van der Waals surface area (Å²) in [7, 11) is -4.10. The molecule has 0 aliphatic rings. The second kappa shape index (κ2) is 9.23. The molecule has 0 fully saturated rings. The molecule has 0 radical (unpaired) electrons. The first-order chi connectivity index (χ1) is 16.1. The minimum atomic E-state index is -4.10. The zero-order valence-electron chi connectivity index (χ0n) is 19.2. The van der Waals surface area contributed by atoms with Crippen molar-refractivity contribution in [3.63, 3.8) is 0 Å². The molecule has 34 heavy (non-hydrogen) atoms. The molecule has 1 amide bonds. The van der Waals surface area contributed by atoms with Crippen molar-refractivity contribution in [3.8, 4) is 0 Å². The minimum absolute atomic E-state index is 0.0185. The summed E-state index contributed by atoms with van der Waals surface area (Å²) in [5.74, 6) is -0.326. The van der Waals surface area contributed by atoms with Crippen molar-refractivity contribution in [2.24, 2.45) is 0 Å². The van der Waals surface area contributed by atoms with E-state index in [1.165, 1.54) is 22.9 Å². The molecule has 0 saturated carbocycles. The number of sulfone groups is 1. The number of carbonyl (C=O) groups excluding carboxylic acids is 1. The lowest BCUT2D eigenvalue weighted by Gasteiger charge is -2.14. The van der Waals surface area contributed by atoms with E-state index >= 15 is 0 Å². The van der Waals surface area contributed by atoms with Crippen LogP contribution in [-0.2, 0) is 27.7 Å². The molecular formula is C26H25N3O4S. The van der Waals surface area contributed by atoms with E-state index in [4.69, 9.17) is 0 Å². The highest BCUT2D eigenvalue weighted by Crippen LogP contribution is 2.21. The first-order valence-corrected chi connectivity index (χ1v) is 12.3. The predicted octanol–water partition coefficient (Wildman–Crippen LogP) is 3.47. The van der Waals surface area contributed by atoms with Gasteiger partial charge in [-0.05, 0) is 50.6 Å². The van der Waals surface area contributed by atoms with Crippen LogP contribution >= 0.6 is 0 Å². The third kappa shape index (κ3) is 4.77. The van der Waals surface area contributed by atoms with Crippen molar-refractivity contribution >= 4 is 26.8 Å². The number of nitrogens with zero attached hydrogens (tertiary/aromatic N) is 2. The summed E-state index contributed by atoms with van der Waals surface area (Å²) in [6.45, 7) is 5.75. The number of rotatable bonds is 6. The molecule has 2 heterocycles. The summed E-state index contributed by atoms with van der Waals surface area (Å²) in [6, 6.07) is 17.3. The smallest absolute Gasteiger partial charge is 0.240 e. The monoisotopic (exact) mass is 475 g/mol. The lowest BCUT2D eigenvalue weighted by atomic mass is 10.1. The van der Waals surface area contributed by atoms with Crippen LogP contribution in [0.2, 0.25) is 0 Å². The van der Waals surface area contributed by atoms with E-state index in [1.807, 2.05) is 38.1 Å². The third-order valence-corrected chi connectivity index (χ3v) is 7.34. The highest BCUT2D eigenvalue weighted by Gasteiger charge is 2.24. The lowest BCUT2D eigenvalue weighted by Crippen LogP contribution is -2.29. The fourth-order valence-electron chi connectivity index (χ4n) is 3.61. The SMILES string of the molecule is Cc1ccc(CNC(=O)Cn2cc(S(=O)(=O)c3ccc(C)cc3)c(=O)c3ccc(C)nc32)cc1. The number of hydrogen-bond donors (Lipinski definition) is 1. The molecule has 0 unspecified atom stereocenters.